The monoisotopic (exact) mass is 239 g/mol. The van der Waals surface area contributed by atoms with Gasteiger partial charge in [-0.3, -0.25) is 9.69 Å². The molecule has 2 aliphatic heterocycles. The molecule has 0 bridgehead atoms. The summed E-state index contributed by atoms with van der Waals surface area (Å²) in [7, 11) is 2.16. The summed E-state index contributed by atoms with van der Waals surface area (Å²) >= 11 is 0. The summed E-state index contributed by atoms with van der Waals surface area (Å²) in [6, 6.07) is 0.626. The molecule has 0 spiro atoms. The Labute approximate surface area is 104 Å². The molecule has 2 fully saturated rings. The smallest absolute Gasteiger partial charge is 0.239 e. The summed E-state index contributed by atoms with van der Waals surface area (Å²) in [5.41, 5.74) is 0. The Morgan fingerprint density at radius 3 is 2.82 bits per heavy atom. The second-order valence-electron chi connectivity index (χ2n) is 5.33. The van der Waals surface area contributed by atoms with Crippen LogP contribution in [0.25, 0.3) is 0 Å². The Balaban J connectivity index is 1.90. The van der Waals surface area contributed by atoms with Crippen molar-refractivity contribution in [3.05, 3.63) is 0 Å². The van der Waals surface area contributed by atoms with Gasteiger partial charge in [-0.2, -0.15) is 0 Å². The van der Waals surface area contributed by atoms with Crippen molar-refractivity contribution in [2.45, 2.75) is 44.7 Å². The zero-order chi connectivity index (χ0) is 12.3. The highest BCUT2D eigenvalue weighted by molar-refractivity contribution is 5.82. The highest BCUT2D eigenvalue weighted by Gasteiger charge is 2.30. The van der Waals surface area contributed by atoms with E-state index in [1.807, 2.05) is 0 Å². The minimum atomic E-state index is 0.0877. The van der Waals surface area contributed by atoms with Crippen molar-refractivity contribution < 1.29 is 4.79 Å². The highest BCUT2D eigenvalue weighted by atomic mass is 16.2. The summed E-state index contributed by atoms with van der Waals surface area (Å²) in [5.74, 6) is 0.330. The first-order chi connectivity index (χ1) is 8.22. The first kappa shape index (κ1) is 12.8. The third kappa shape index (κ3) is 2.99. The Morgan fingerprint density at radius 1 is 1.35 bits per heavy atom. The van der Waals surface area contributed by atoms with E-state index in [0.717, 1.165) is 39.0 Å². The van der Waals surface area contributed by atoms with Crippen LogP contribution < -0.4 is 5.32 Å². The maximum Gasteiger partial charge on any atom is 0.239 e. The summed E-state index contributed by atoms with van der Waals surface area (Å²) < 4.78 is 0. The topological polar surface area (TPSA) is 35.6 Å². The molecular formula is C13H25N3O. The van der Waals surface area contributed by atoms with Crippen molar-refractivity contribution in [2.75, 3.05) is 33.2 Å². The molecule has 0 saturated carbocycles. The zero-order valence-electron chi connectivity index (χ0n) is 11.1. The average Bonchev–Trinajstić information content (AvgIpc) is 2.39. The van der Waals surface area contributed by atoms with E-state index in [9.17, 15) is 4.79 Å². The second-order valence-corrected chi connectivity index (χ2v) is 5.33. The number of hydrogen-bond donors (Lipinski definition) is 1. The predicted octanol–water partition coefficient (Wildman–Crippen LogP) is 0.681. The standard InChI is InChI=1S/C13H25N3O/c1-3-11-10-16(9-8-15(11)2)13(17)12-6-4-5-7-14-12/h11-12,14H,3-10H2,1-2H3/t11?,12-/m0/s1. The van der Waals surface area contributed by atoms with Gasteiger partial charge in [0.05, 0.1) is 6.04 Å². The fraction of sp³-hybridized carbons (Fsp3) is 0.923. The summed E-state index contributed by atoms with van der Waals surface area (Å²) in [6.45, 7) is 6.01. The van der Waals surface area contributed by atoms with E-state index in [4.69, 9.17) is 0 Å². The third-order valence-corrected chi connectivity index (χ3v) is 4.17. The van der Waals surface area contributed by atoms with Crippen LogP contribution in [0.3, 0.4) is 0 Å². The lowest BCUT2D eigenvalue weighted by atomic mass is 10.0. The molecule has 98 valence electrons. The Hall–Kier alpha value is -0.610. The number of carbonyl (C=O) groups is 1. The predicted molar refractivity (Wildman–Crippen MR) is 68.9 cm³/mol. The normalized spacial score (nSPS) is 31.5. The quantitative estimate of drug-likeness (QED) is 0.770. The summed E-state index contributed by atoms with van der Waals surface area (Å²) in [6.07, 6.45) is 4.54. The van der Waals surface area contributed by atoms with E-state index in [-0.39, 0.29) is 6.04 Å². The van der Waals surface area contributed by atoms with Gasteiger partial charge in [-0.05, 0) is 32.9 Å². The average molecular weight is 239 g/mol. The number of hydrogen-bond acceptors (Lipinski definition) is 3. The number of piperidine rings is 1. The van der Waals surface area contributed by atoms with Crippen LogP contribution in [0.2, 0.25) is 0 Å². The van der Waals surface area contributed by atoms with Crippen LogP contribution >= 0.6 is 0 Å². The van der Waals surface area contributed by atoms with Crippen molar-refractivity contribution in [1.82, 2.24) is 15.1 Å². The molecule has 1 N–H and O–H groups in total. The molecule has 2 rings (SSSR count). The summed E-state index contributed by atoms with van der Waals surface area (Å²) in [5, 5.41) is 3.36. The van der Waals surface area contributed by atoms with Crippen molar-refractivity contribution in [1.29, 1.82) is 0 Å². The van der Waals surface area contributed by atoms with Gasteiger partial charge in [0, 0.05) is 25.7 Å². The lowest BCUT2D eigenvalue weighted by Gasteiger charge is -2.40. The van der Waals surface area contributed by atoms with E-state index < -0.39 is 0 Å². The Bertz CT molecular complexity index is 263. The van der Waals surface area contributed by atoms with Gasteiger partial charge in [0.25, 0.3) is 0 Å². The van der Waals surface area contributed by atoms with Crippen molar-refractivity contribution >= 4 is 5.91 Å². The highest BCUT2D eigenvalue weighted by Crippen LogP contribution is 2.15. The molecule has 2 atom stereocenters. The number of piperazine rings is 1. The second kappa shape index (κ2) is 5.83. The molecule has 2 saturated heterocycles. The van der Waals surface area contributed by atoms with Gasteiger partial charge >= 0.3 is 0 Å². The molecule has 1 amide bonds. The van der Waals surface area contributed by atoms with E-state index in [2.05, 4.69) is 29.1 Å². The maximum absolute atomic E-state index is 12.4. The SMILES string of the molecule is CCC1CN(C(=O)[C@@H]2CCCCN2)CCN1C. The van der Waals surface area contributed by atoms with Crippen molar-refractivity contribution in [3.8, 4) is 0 Å². The van der Waals surface area contributed by atoms with Gasteiger partial charge in [-0.15, -0.1) is 0 Å². The summed E-state index contributed by atoms with van der Waals surface area (Å²) in [4.78, 5) is 16.8. The molecule has 1 unspecified atom stereocenters. The van der Waals surface area contributed by atoms with Crippen LogP contribution in [-0.4, -0.2) is 61.0 Å². The van der Waals surface area contributed by atoms with Gasteiger partial charge in [0.2, 0.25) is 5.91 Å². The lowest BCUT2D eigenvalue weighted by molar-refractivity contribution is -0.136. The molecule has 0 aromatic rings. The molecule has 0 aromatic heterocycles. The molecule has 2 aliphatic rings. The van der Waals surface area contributed by atoms with Gasteiger partial charge in [-0.1, -0.05) is 13.3 Å². The molecule has 4 heteroatoms. The van der Waals surface area contributed by atoms with Crippen LogP contribution in [0, 0.1) is 0 Å². The molecule has 0 aliphatic carbocycles. The van der Waals surface area contributed by atoms with Gasteiger partial charge < -0.3 is 10.2 Å². The number of rotatable bonds is 2. The number of nitrogens with zero attached hydrogens (tertiary/aromatic N) is 2. The van der Waals surface area contributed by atoms with Crippen LogP contribution in [0.1, 0.15) is 32.6 Å². The largest absolute Gasteiger partial charge is 0.338 e. The van der Waals surface area contributed by atoms with Crippen molar-refractivity contribution in [3.63, 3.8) is 0 Å². The molecule has 0 aromatic carbocycles. The fourth-order valence-electron chi connectivity index (χ4n) is 2.87. The molecule has 0 radical (unpaired) electrons. The van der Waals surface area contributed by atoms with Gasteiger partial charge in [-0.25, -0.2) is 0 Å². The van der Waals surface area contributed by atoms with E-state index in [1.165, 1.54) is 12.8 Å². The number of likely N-dealkylation sites (N-methyl/N-ethyl adjacent to an activating group) is 1. The number of carbonyl (C=O) groups excluding carboxylic acids is 1. The third-order valence-electron chi connectivity index (χ3n) is 4.17. The Kier molecular flexibility index (Phi) is 4.40. The zero-order valence-corrected chi connectivity index (χ0v) is 11.1. The van der Waals surface area contributed by atoms with Crippen LogP contribution in [0.5, 0.6) is 0 Å². The van der Waals surface area contributed by atoms with Crippen molar-refractivity contribution in [2.24, 2.45) is 0 Å². The number of amides is 1. The van der Waals surface area contributed by atoms with E-state index in [1.54, 1.807) is 0 Å². The van der Waals surface area contributed by atoms with Crippen LogP contribution in [0.15, 0.2) is 0 Å². The molecule has 2 heterocycles. The van der Waals surface area contributed by atoms with E-state index in [0.29, 0.717) is 11.9 Å². The van der Waals surface area contributed by atoms with Crippen LogP contribution in [0.4, 0.5) is 0 Å². The minimum absolute atomic E-state index is 0.0877. The van der Waals surface area contributed by atoms with Gasteiger partial charge in [0.1, 0.15) is 0 Å². The Morgan fingerprint density at radius 2 is 2.18 bits per heavy atom. The molecule has 4 nitrogen and oxygen atoms in total. The number of nitrogens with one attached hydrogen (secondary N) is 1. The lowest BCUT2D eigenvalue weighted by Crippen LogP contribution is -2.57. The maximum atomic E-state index is 12.4. The van der Waals surface area contributed by atoms with E-state index >= 15 is 0 Å². The first-order valence-corrected chi connectivity index (χ1v) is 6.94. The first-order valence-electron chi connectivity index (χ1n) is 6.94. The molecular weight excluding hydrogens is 214 g/mol. The minimum Gasteiger partial charge on any atom is -0.338 e. The molecule has 17 heavy (non-hydrogen) atoms. The van der Waals surface area contributed by atoms with Gasteiger partial charge in [0.15, 0.2) is 0 Å². The van der Waals surface area contributed by atoms with Crippen LogP contribution in [-0.2, 0) is 4.79 Å². The fourth-order valence-corrected chi connectivity index (χ4v) is 2.87.